The maximum absolute atomic E-state index is 11.6. The summed E-state index contributed by atoms with van der Waals surface area (Å²) in [5.41, 5.74) is 5.76. The smallest absolute Gasteiger partial charge is 0.0260 e. The molecular weight excluding hydrogens is 194 g/mol. The van der Waals surface area contributed by atoms with E-state index in [0.29, 0.717) is 12.5 Å². The number of nitrogens with two attached hydrogens (primary N) is 1. The molecule has 0 heterocycles. The van der Waals surface area contributed by atoms with Crippen LogP contribution in [0.5, 0.6) is 0 Å². The summed E-state index contributed by atoms with van der Waals surface area (Å²) < 4.78 is 11.6. The van der Waals surface area contributed by atoms with E-state index in [4.69, 9.17) is 5.73 Å². The van der Waals surface area contributed by atoms with Crippen molar-refractivity contribution in [3.63, 3.8) is 0 Å². The summed E-state index contributed by atoms with van der Waals surface area (Å²) in [6, 6.07) is 0. The molecule has 86 valence electrons. The first kappa shape index (κ1) is 14.1. The van der Waals surface area contributed by atoms with Gasteiger partial charge in [-0.15, -0.1) is 0 Å². The molecule has 14 heavy (non-hydrogen) atoms. The molecule has 2 nitrogen and oxygen atoms in total. The lowest BCUT2D eigenvalue weighted by molar-refractivity contribution is 0.366. The maximum Gasteiger partial charge on any atom is 0.0260 e. The molecule has 0 saturated carbocycles. The Labute approximate surface area is 91.1 Å². The Morgan fingerprint density at radius 1 is 1.43 bits per heavy atom. The van der Waals surface area contributed by atoms with Gasteiger partial charge in [-0.05, 0) is 24.3 Å². The molecule has 0 saturated heterocycles. The van der Waals surface area contributed by atoms with Crippen LogP contribution in [0.15, 0.2) is 0 Å². The van der Waals surface area contributed by atoms with Crippen LogP contribution in [-0.2, 0) is 10.8 Å². The lowest BCUT2D eigenvalue weighted by atomic mass is 9.91. The van der Waals surface area contributed by atoms with Gasteiger partial charge in [-0.2, -0.15) is 0 Å². The van der Waals surface area contributed by atoms with Gasteiger partial charge in [0.15, 0.2) is 0 Å². The average Bonchev–Trinajstić information content (AvgIpc) is 2.15. The zero-order chi connectivity index (χ0) is 11.2. The second-order valence-electron chi connectivity index (χ2n) is 4.94. The van der Waals surface area contributed by atoms with E-state index in [1.807, 2.05) is 0 Å². The molecule has 0 amide bonds. The van der Waals surface area contributed by atoms with Gasteiger partial charge in [0.2, 0.25) is 0 Å². The molecule has 2 atom stereocenters. The minimum absolute atomic E-state index is 0.144. The Bertz CT molecular complexity index is 180. The highest BCUT2D eigenvalue weighted by molar-refractivity contribution is 7.84. The molecule has 2 unspecified atom stereocenters. The Kier molecular flexibility index (Phi) is 6.62. The largest absolute Gasteiger partial charge is 0.330 e. The minimum Gasteiger partial charge on any atom is -0.330 e. The first-order valence-corrected chi connectivity index (χ1v) is 6.95. The van der Waals surface area contributed by atoms with Crippen LogP contribution in [-0.4, -0.2) is 22.3 Å². The quantitative estimate of drug-likeness (QED) is 0.713. The molecule has 0 aliphatic carbocycles. The van der Waals surface area contributed by atoms with E-state index < -0.39 is 10.8 Å². The van der Waals surface area contributed by atoms with Crippen LogP contribution >= 0.6 is 0 Å². The van der Waals surface area contributed by atoms with Gasteiger partial charge in [-0.1, -0.05) is 34.1 Å². The van der Waals surface area contributed by atoms with Crippen molar-refractivity contribution in [2.24, 2.45) is 17.1 Å². The van der Waals surface area contributed by atoms with Crippen LogP contribution < -0.4 is 5.73 Å². The van der Waals surface area contributed by atoms with Crippen LogP contribution in [0, 0.1) is 11.3 Å². The van der Waals surface area contributed by atoms with Crippen LogP contribution in [0.25, 0.3) is 0 Å². The Hall–Kier alpha value is 0.110. The van der Waals surface area contributed by atoms with E-state index in [1.54, 1.807) is 0 Å². The third kappa shape index (κ3) is 6.55. The second kappa shape index (κ2) is 6.57. The molecule has 0 aromatic carbocycles. The number of hydrogen-bond donors (Lipinski definition) is 1. The average molecular weight is 219 g/mol. The van der Waals surface area contributed by atoms with Gasteiger partial charge in [0.25, 0.3) is 0 Å². The molecule has 0 aliphatic rings. The van der Waals surface area contributed by atoms with Crippen LogP contribution in [0.1, 0.15) is 40.5 Å². The normalized spacial score (nSPS) is 16.6. The van der Waals surface area contributed by atoms with Gasteiger partial charge in [0, 0.05) is 22.3 Å². The highest BCUT2D eigenvalue weighted by Gasteiger charge is 2.17. The Morgan fingerprint density at radius 3 is 2.43 bits per heavy atom. The van der Waals surface area contributed by atoms with E-state index in [9.17, 15) is 4.21 Å². The predicted molar refractivity (Wildman–Crippen MR) is 64.8 cm³/mol. The second-order valence-corrected chi connectivity index (χ2v) is 6.56. The predicted octanol–water partition coefficient (Wildman–Crippen LogP) is 2.16. The minimum atomic E-state index is -0.654. The van der Waals surface area contributed by atoms with Gasteiger partial charge < -0.3 is 5.73 Å². The van der Waals surface area contributed by atoms with Crippen molar-refractivity contribution in [3.8, 4) is 0 Å². The molecule has 0 bridgehead atoms. The third-order valence-corrected chi connectivity index (χ3v) is 4.33. The molecule has 0 aromatic heterocycles. The van der Waals surface area contributed by atoms with Crippen molar-refractivity contribution in [2.45, 2.75) is 40.5 Å². The highest BCUT2D eigenvalue weighted by atomic mass is 32.2. The topological polar surface area (TPSA) is 43.1 Å². The number of rotatable bonds is 7. The monoisotopic (exact) mass is 219 g/mol. The third-order valence-electron chi connectivity index (χ3n) is 2.73. The molecule has 0 radical (unpaired) electrons. The van der Waals surface area contributed by atoms with Crippen LogP contribution in [0.3, 0.4) is 0 Å². The summed E-state index contributed by atoms with van der Waals surface area (Å²) >= 11 is 0. The summed E-state index contributed by atoms with van der Waals surface area (Å²) in [7, 11) is -0.654. The zero-order valence-electron chi connectivity index (χ0n) is 10.0. The van der Waals surface area contributed by atoms with E-state index >= 15 is 0 Å². The van der Waals surface area contributed by atoms with Crippen molar-refractivity contribution < 1.29 is 4.21 Å². The molecule has 0 spiro atoms. The Balaban J connectivity index is 3.74. The maximum atomic E-state index is 11.6. The number of hydrogen-bond acceptors (Lipinski definition) is 2. The van der Waals surface area contributed by atoms with Crippen molar-refractivity contribution in [1.29, 1.82) is 0 Å². The summed E-state index contributed by atoms with van der Waals surface area (Å²) in [6.07, 6.45) is 2.08. The van der Waals surface area contributed by atoms with Gasteiger partial charge >= 0.3 is 0 Å². The molecular formula is C11H25NOS. The molecule has 0 aliphatic heterocycles. The fourth-order valence-corrected chi connectivity index (χ4v) is 2.83. The van der Waals surface area contributed by atoms with E-state index in [-0.39, 0.29) is 5.41 Å². The molecule has 0 rings (SSSR count). The summed E-state index contributed by atoms with van der Waals surface area (Å²) in [6.45, 7) is 9.24. The molecule has 0 fully saturated rings. The van der Waals surface area contributed by atoms with Crippen molar-refractivity contribution in [2.75, 3.05) is 18.1 Å². The zero-order valence-corrected chi connectivity index (χ0v) is 10.8. The standard InChI is InChI=1S/C11H25NOS/c1-5-10(2)8-14(13)7-6-11(3,4)9-12/h10H,5-9,12H2,1-4H3. The van der Waals surface area contributed by atoms with E-state index in [1.165, 1.54) is 0 Å². The van der Waals surface area contributed by atoms with Crippen molar-refractivity contribution in [3.05, 3.63) is 0 Å². The molecule has 2 N–H and O–H groups in total. The fraction of sp³-hybridized carbons (Fsp3) is 1.00. The lowest BCUT2D eigenvalue weighted by Gasteiger charge is -2.22. The first-order valence-electron chi connectivity index (χ1n) is 5.46. The van der Waals surface area contributed by atoms with Gasteiger partial charge in [0.05, 0.1) is 0 Å². The van der Waals surface area contributed by atoms with Crippen molar-refractivity contribution >= 4 is 10.8 Å². The SMILES string of the molecule is CCC(C)CS(=O)CCC(C)(C)CN. The molecule has 0 aromatic rings. The van der Waals surface area contributed by atoms with Gasteiger partial charge in [-0.25, -0.2) is 0 Å². The van der Waals surface area contributed by atoms with Crippen molar-refractivity contribution in [1.82, 2.24) is 0 Å². The lowest BCUT2D eigenvalue weighted by Crippen LogP contribution is -2.26. The first-order chi connectivity index (χ1) is 6.41. The van der Waals surface area contributed by atoms with Crippen LogP contribution in [0.4, 0.5) is 0 Å². The summed E-state index contributed by atoms with van der Waals surface area (Å²) in [5.74, 6) is 2.22. The Morgan fingerprint density at radius 2 is 2.00 bits per heavy atom. The summed E-state index contributed by atoms with van der Waals surface area (Å²) in [4.78, 5) is 0. The van der Waals surface area contributed by atoms with Gasteiger partial charge in [-0.3, -0.25) is 4.21 Å². The highest BCUT2D eigenvalue weighted by Crippen LogP contribution is 2.18. The van der Waals surface area contributed by atoms with E-state index in [0.717, 1.165) is 24.3 Å². The molecule has 3 heteroatoms. The van der Waals surface area contributed by atoms with Crippen LogP contribution in [0.2, 0.25) is 0 Å². The van der Waals surface area contributed by atoms with E-state index in [2.05, 4.69) is 27.7 Å². The fourth-order valence-electron chi connectivity index (χ4n) is 1.01. The van der Waals surface area contributed by atoms with Gasteiger partial charge in [0.1, 0.15) is 0 Å². The summed E-state index contributed by atoms with van der Waals surface area (Å²) in [5, 5.41) is 0.